The van der Waals surface area contributed by atoms with Crippen LogP contribution in [0.4, 0.5) is 5.00 Å². The van der Waals surface area contributed by atoms with Crippen molar-refractivity contribution >= 4 is 22.2 Å². The fraction of sp³-hybridized carbons (Fsp3) is 0.267. The predicted octanol–water partition coefficient (Wildman–Crippen LogP) is 2.65. The van der Waals surface area contributed by atoms with Gasteiger partial charge in [-0.05, 0) is 24.1 Å². The number of nitrogens with one attached hydrogen (secondary N) is 1. The maximum absolute atomic E-state index is 11.9. The minimum absolute atomic E-state index is 0.0463. The lowest BCUT2D eigenvalue weighted by Crippen LogP contribution is -2.25. The van der Waals surface area contributed by atoms with Crippen LogP contribution in [0.15, 0.2) is 29.6 Å². The van der Waals surface area contributed by atoms with Crippen molar-refractivity contribution in [1.82, 2.24) is 5.32 Å². The minimum atomic E-state index is -0.509. The summed E-state index contributed by atoms with van der Waals surface area (Å²) in [7, 11) is 3.13. The van der Waals surface area contributed by atoms with E-state index in [1.165, 1.54) is 11.4 Å². The summed E-state index contributed by atoms with van der Waals surface area (Å²) in [6, 6.07) is 6.82. The second-order valence-electron chi connectivity index (χ2n) is 4.63. The molecule has 0 unspecified atom stereocenters. The van der Waals surface area contributed by atoms with Gasteiger partial charge < -0.3 is 14.8 Å². The van der Waals surface area contributed by atoms with Crippen molar-refractivity contribution in [3.05, 3.63) is 50.9 Å². The number of rotatable bonds is 7. The van der Waals surface area contributed by atoms with E-state index >= 15 is 0 Å². The van der Waals surface area contributed by atoms with E-state index in [1.54, 1.807) is 20.3 Å². The lowest BCUT2D eigenvalue weighted by atomic mass is 10.1. The number of methoxy groups -OCH3 is 2. The van der Waals surface area contributed by atoms with Crippen LogP contribution in [0.1, 0.15) is 15.9 Å². The van der Waals surface area contributed by atoms with Gasteiger partial charge in [-0.2, -0.15) is 0 Å². The monoisotopic (exact) mass is 336 g/mol. The highest BCUT2D eigenvalue weighted by Gasteiger charge is 2.14. The fourth-order valence-electron chi connectivity index (χ4n) is 2.00. The first kappa shape index (κ1) is 16.8. The first-order valence-corrected chi connectivity index (χ1v) is 7.65. The van der Waals surface area contributed by atoms with E-state index in [0.29, 0.717) is 30.0 Å². The number of amides is 1. The summed E-state index contributed by atoms with van der Waals surface area (Å²) in [6.45, 7) is 0.415. The van der Waals surface area contributed by atoms with Crippen LogP contribution in [0.2, 0.25) is 0 Å². The zero-order valence-electron chi connectivity index (χ0n) is 12.7. The topological polar surface area (TPSA) is 90.7 Å². The number of nitrogens with zero attached hydrogens (tertiary/aromatic N) is 1. The van der Waals surface area contributed by atoms with Crippen molar-refractivity contribution in [2.75, 3.05) is 20.8 Å². The number of thiophene rings is 1. The molecule has 1 heterocycles. The lowest BCUT2D eigenvalue weighted by molar-refractivity contribution is -0.380. The summed E-state index contributed by atoms with van der Waals surface area (Å²) in [5.74, 6) is 0.950. The zero-order valence-corrected chi connectivity index (χ0v) is 13.5. The molecule has 1 amide bonds. The lowest BCUT2D eigenvalue weighted by Gasteiger charge is -2.10. The molecule has 0 atom stereocenters. The Morgan fingerprint density at radius 2 is 2.00 bits per heavy atom. The quantitative estimate of drug-likeness (QED) is 0.620. The molecule has 8 heteroatoms. The van der Waals surface area contributed by atoms with Crippen LogP contribution in [-0.2, 0) is 6.42 Å². The second kappa shape index (κ2) is 7.59. The van der Waals surface area contributed by atoms with Crippen molar-refractivity contribution in [2.45, 2.75) is 6.42 Å². The first-order valence-electron chi connectivity index (χ1n) is 6.77. The number of nitro groups is 1. The molecule has 23 heavy (non-hydrogen) atoms. The van der Waals surface area contributed by atoms with Gasteiger partial charge in [-0.15, -0.1) is 0 Å². The third kappa shape index (κ3) is 4.19. The summed E-state index contributed by atoms with van der Waals surface area (Å²) in [6.07, 6.45) is 0.609. The highest BCUT2D eigenvalue weighted by molar-refractivity contribution is 7.13. The molecule has 0 bridgehead atoms. The van der Waals surface area contributed by atoms with Gasteiger partial charge in [0.1, 0.15) is 0 Å². The third-order valence-electron chi connectivity index (χ3n) is 3.17. The number of hydrogen-bond acceptors (Lipinski definition) is 6. The SMILES string of the molecule is COc1ccc(CCNC(=O)c2csc([N+](=O)[O-])c2)cc1OC. The van der Waals surface area contributed by atoms with E-state index in [4.69, 9.17) is 9.47 Å². The summed E-state index contributed by atoms with van der Waals surface area (Å²) >= 11 is 0.935. The van der Waals surface area contributed by atoms with Crippen LogP contribution in [0, 0.1) is 10.1 Å². The minimum Gasteiger partial charge on any atom is -0.493 e. The molecule has 0 saturated heterocycles. The normalized spacial score (nSPS) is 10.2. The highest BCUT2D eigenvalue weighted by Crippen LogP contribution is 2.27. The van der Waals surface area contributed by atoms with Crippen LogP contribution in [0.25, 0.3) is 0 Å². The molecule has 1 N–H and O–H groups in total. The first-order chi connectivity index (χ1) is 11.0. The van der Waals surface area contributed by atoms with E-state index in [9.17, 15) is 14.9 Å². The summed E-state index contributed by atoms with van der Waals surface area (Å²) in [5.41, 5.74) is 1.29. The third-order valence-corrected chi connectivity index (χ3v) is 4.06. The molecule has 122 valence electrons. The number of ether oxygens (including phenoxy) is 2. The van der Waals surface area contributed by atoms with Gasteiger partial charge in [-0.3, -0.25) is 14.9 Å². The molecule has 0 aliphatic carbocycles. The van der Waals surface area contributed by atoms with E-state index < -0.39 is 4.92 Å². The van der Waals surface area contributed by atoms with Crippen LogP contribution >= 0.6 is 11.3 Å². The maximum Gasteiger partial charge on any atom is 0.324 e. The molecule has 0 aliphatic heterocycles. The van der Waals surface area contributed by atoms with Gasteiger partial charge in [-0.25, -0.2) is 0 Å². The largest absolute Gasteiger partial charge is 0.493 e. The Kier molecular flexibility index (Phi) is 5.53. The number of hydrogen-bond donors (Lipinski definition) is 1. The van der Waals surface area contributed by atoms with Gasteiger partial charge in [0.2, 0.25) is 0 Å². The van der Waals surface area contributed by atoms with Crippen molar-refractivity contribution < 1.29 is 19.2 Å². The van der Waals surface area contributed by atoms with Crippen LogP contribution in [0.5, 0.6) is 11.5 Å². The Labute approximate surface area is 137 Å². The second-order valence-corrected chi connectivity index (χ2v) is 5.52. The Morgan fingerprint density at radius 3 is 2.61 bits per heavy atom. The van der Waals surface area contributed by atoms with Crippen molar-refractivity contribution in [2.24, 2.45) is 0 Å². The van der Waals surface area contributed by atoms with E-state index in [-0.39, 0.29) is 10.9 Å². The van der Waals surface area contributed by atoms with Crippen molar-refractivity contribution in [3.63, 3.8) is 0 Å². The molecule has 2 aromatic rings. The average Bonchev–Trinajstić information content (AvgIpc) is 3.05. The average molecular weight is 336 g/mol. The van der Waals surface area contributed by atoms with E-state index in [1.807, 2.05) is 12.1 Å². The summed E-state index contributed by atoms with van der Waals surface area (Å²) in [4.78, 5) is 22.0. The maximum atomic E-state index is 11.9. The molecule has 0 aliphatic rings. The summed E-state index contributed by atoms with van der Waals surface area (Å²) in [5, 5.41) is 14.8. The fourth-order valence-corrected chi connectivity index (χ4v) is 2.70. The Balaban J connectivity index is 1.91. The molecule has 0 radical (unpaired) electrons. The molecular formula is C15H16N2O5S. The van der Waals surface area contributed by atoms with Crippen LogP contribution in [-0.4, -0.2) is 31.6 Å². The van der Waals surface area contributed by atoms with E-state index in [0.717, 1.165) is 16.9 Å². The standard InChI is InChI=1S/C15H16N2O5S/c1-21-12-4-3-10(7-13(12)22-2)5-6-16-15(18)11-8-14(17(19)20)23-9-11/h3-4,7-9H,5-6H2,1-2H3,(H,16,18). The molecule has 1 aromatic heterocycles. The van der Waals surface area contributed by atoms with Crippen LogP contribution < -0.4 is 14.8 Å². The van der Waals surface area contributed by atoms with Gasteiger partial charge >= 0.3 is 5.00 Å². The molecule has 0 saturated carbocycles. The Bertz CT molecular complexity index is 714. The Morgan fingerprint density at radius 1 is 1.26 bits per heavy atom. The molecule has 7 nitrogen and oxygen atoms in total. The van der Waals surface area contributed by atoms with Crippen LogP contribution in [0.3, 0.4) is 0 Å². The number of carbonyl (C=O) groups excluding carboxylic acids is 1. The molecule has 2 rings (SSSR count). The van der Waals surface area contributed by atoms with Crippen molar-refractivity contribution in [1.29, 1.82) is 0 Å². The molecular weight excluding hydrogens is 320 g/mol. The number of carbonyl (C=O) groups is 1. The van der Waals surface area contributed by atoms with Gasteiger partial charge in [0.05, 0.1) is 24.7 Å². The van der Waals surface area contributed by atoms with Gasteiger partial charge in [-0.1, -0.05) is 17.4 Å². The zero-order chi connectivity index (χ0) is 16.8. The van der Waals surface area contributed by atoms with Gasteiger partial charge in [0, 0.05) is 18.0 Å². The highest BCUT2D eigenvalue weighted by atomic mass is 32.1. The smallest absolute Gasteiger partial charge is 0.324 e. The summed E-state index contributed by atoms with van der Waals surface area (Å²) < 4.78 is 10.4. The van der Waals surface area contributed by atoms with Gasteiger partial charge in [0.25, 0.3) is 5.91 Å². The predicted molar refractivity (Wildman–Crippen MR) is 86.6 cm³/mol. The van der Waals surface area contributed by atoms with Crippen molar-refractivity contribution in [3.8, 4) is 11.5 Å². The Hall–Kier alpha value is -2.61. The van der Waals surface area contributed by atoms with E-state index in [2.05, 4.69) is 5.32 Å². The van der Waals surface area contributed by atoms with Gasteiger partial charge in [0.15, 0.2) is 11.5 Å². The molecule has 0 fully saturated rings. The molecule has 1 aromatic carbocycles. The molecule has 0 spiro atoms. The number of benzene rings is 1.